The molecule has 2 amide bonds. The lowest BCUT2D eigenvalue weighted by Crippen LogP contribution is -2.44. The number of benzene rings is 1. The predicted molar refractivity (Wildman–Crippen MR) is 89.5 cm³/mol. The maximum Gasteiger partial charge on any atom is 0.305 e. The molecule has 1 rings (SSSR count). The minimum atomic E-state index is -1.05. The second-order valence-corrected chi connectivity index (χ2v) is 5.81. The number of aliphatic carboxylic acids is 1. The Balaban J connectivity index is 2.83. The first-order chi connectivity index (χ1) is 11.6. The number of hydrogen-bond donors (Lipinski definition) is 2. The summed E-state index contributed by atoms with van der Waals surface area (Å²) in [4.78, 5) is 46.6. The number of nitrogens with one attached hydrogen (secondary N) is 1. The molecule has 0 saturated carbocycles. The first-order valence-electron chi connectivity index (χ1n) is 7.37. The summed E-state index contributed by atoms with van der Waals surface area (Å²) >= 11 is 5.86. The van der Waals surface area contributed by atoms with Gasteiger partial charge in [0.1, 0.15) is 5.56 Å². The molecule has 136 valence electrons. The van der Waals surface area contributed by atoms with Crippen LogP contribution in [0.2, 0.25) is 5.02 Å². The Morgan fingerprint density at radius 2 is 2.00 bits per heavy atom. The van der Waals surface area contributed by atoms with E-state index >= 15 is 0 Å². The number of nitro benzene ring substituents is 1. The molecule has 0 aromatic heterocycles. The highest BCUT2D eigenvalue weighted by atomic mass is 35.5. The van der Waals surface area contributed by atoms with Crippen molar-refractivity contribution in [3.63, 3.8) is 0 Å². The first-order valence-corrected chi connectivity index (χ1v) is 7.75. The third kappa shape index (κ3) is 5.71. The zero-order valence-electron chi connectivity index (χ0n) is 13.7. The number of carboxylic acid groups (broad SMARTS) is 1. The van der Waals surface area contributed by atoms with Crippen LogP contribution in [0.3, 0.4) is 0 Å². The van der Waals surface area contributed by atoms with Gasteiger partial charge in [0.15, 0.2) is 0 Å². The Labute approximate surface area is 148 Å². The fourth-order valence-electron chi connectivity index (χ4n) is 2.12. The zero-order chi connectivity index (χ0) is 19.1. The van der Waals surface area contributed by atoms with E-state index in [0.29, 0.717) is 0 Å². The summed E-state index contributed by atoms with van der Waals surface area (Å²) in [6, 6.07) is 3.54. The lowest BCUT2D eigenvalue weighted by atomic mass is 10.1. The molecule has 0 spiro atoms. The minimum Gasteiger partial charge on any atom is -0.481 e. The number of carbonyl (C=O) groups excluding carboxylic acids is 2. The van der Waals surface area contributed by atoms with E-state index in [1.807, 2.05) is 0 Å². The van der Waals surface area contributed by atoms with Crippen molar-refractivity contribution in [1.82, 2.24) is 10.2 Å². The van der Waals surface area contributed by atoms with Crippen molar-refractivity contribution in [1.29, 1.82) is 0 Å². The molecule has 0 bridgehead atoms. The van der Waals surface area contributed by atoms with Crippen LogP contribution in [-0.2, 0) is 9.59 Å². The molecule has 0 heterocycles. The third-order valence-corrected chi connectivity index (χ3v) is 3.64. The van der Waals surface area contributed by atoms with Gasteiger partial charge in [-0.1, -0.05) is 17.7 Å². The van der Waals surface area contributed by atoms with Crippen molar-refractivity contribution in [2.75, 3.05) is 13.1 Å². The summed E-state index contributed by atoms with van der Waals surface area (Å²) in [6.07, 6.45) is -0.228. The molecule has 10 heteroatoms. The van der Waals surface area contributed by atoms with E-state index in [1.54, 1.807) is 13.8 Å². The van der Waals surface area contributed by atoms with Crippen molar-refractivity contribution in [2.24, 2.45) is 0 Å². The van der Waals surface area contributed by atoms with Crippen LogP contribution < -0.4 is 5.32 Å². The van der Waals surface area contributed by atoms with Crippen LogP contribution in [0.1, 0.15) is 30.6 Å². The lowest BCUT2D eigenvalue weighted by molar-refractivity contribution is -0.385. The van der Waals surface area contributed by atoms with Gasteiger partial charge in [0, 0.05) is 18.7 Å². The van der Waals surface area contributed by atoms with Gasteiger partial charge < -0.3 is 15.3 Å². The molecular weight excluding hydrogens is 354 g/mol. The van der Waals surface area contributed by atoms with Gasteiger partial charge in [0.05, 0.1) is 22.9 Å². The second-order valence-electron chi connectivity index (χ2n) is 5.40. The Kier molecular flexibility index (Phi) is 7.31. The molecule has 0 aliphatic carbocycles. The summed E-state index contributed by atoms with van der Waals surface area (Å²) in [5.74, 6) is -2.40. The van der Waals surface area contributed by atoms with Crippen LogP contribution in [0.5, 0.6) is 0 Å². The molecular formula is C15H18ClN3O6. The van der Waals surface area contributed by atoms with E-state index in [9.17, 15) is 24.5 Å². The highest BCUT2D eigenvalue weighted by molar-refractivity contribution is 6.34. The molecule has 0 aliphatic heterocycles. The van der Waals surface area contributed by atoms with E-state index < -0.39 is 34.9 Å². The molecule has 0 unspecified atom stereocenters. The average molecular weight is 372 g/mol. The van der Waals surface area contributed by atoms with Gasteiger partial charge in [-0.3, -0.25) is 24.5 Å². The van der Waals surface area contributed by atoms with Crippen molar-refractivity contribution in [2.45, 2.75) is 26.3 Å². The fraction of sp³-hybridized carbons (Fsp3) is 0.400. The Morgan fingerprint density at radius 3 is 2.52 bits per heavy atom. The van der Waals surface area contributed by atoms with Gasteiger partial charge in [-0.15, -0.1) is 0 Å². The van der Waals surface area contributed by atoms with Gasteiger partial charge in [-0.2, -0.15) is 0 Å². The van der Waals surface area contributed by atoms with Crippen molar-refractivity contribution < 1.29 is 24.4 Å². The van der Waals surface area contributed by atoms with E-state index in [0.717, 1.165) is 6.07 Å². The van der Waals surface area contributed by atoms with Crippen molar-refractivity contribution >= 4 is 35.1 Å². The molecule has 0 saturated heterocycles. The van der Waals surface area contributed by atoms with Gasteiger partial charge in [0.2, 0.25) is 5.91 Å². The maximum absolute atomic E-state index is 12.2. The lowest BCUT2D eigenvalue weighted by Gasteiger charge is -2.26. The number of amides is 2. The zero-order valence-corrected chi connectivity index (χ0v) is 14.4. The monoisotopic (exact) mass is 371 g/mol. The number of nitrogens with zero attached hydrogens (tertiary/aromatic N) is 2. The summed E-state index contributed by atoms with van der Waals surface area (Å²) in [7, 11) is 0. The van der Waals surface area contributed by atoms with Gasteiger partial charge in [-0.05, 0) is 19.9 Å². The van der Waals surface area contributed by atoms with E-state index in [1.165, 1.54) is 17.0 Å². The van der Waals surface area contributed by atoms with E-state index in [2.05, 4.69) is 5.32 Å². The van der Waals surface area contributed by atoms with Crippen LogP contribution in [0.25, 0.3) is 0 Å². The van der Waals surface area contributed by atoms with Crippen LogP contribution >= 0.6 is 11.6 Å². The number of halogens is 1. The molecule has 0 radical (unpaired) electrons. The number of rotatable bonds is 8. The highest BCUT2D eigenvalue weighted by Gasteiger charge is 2.25. The van der Waals surface area contributed by atoms with Gasteiger partial charge in [0.25, 0.3) is 11.6 Å². The molecule has 1 aromatic rings. The smallest absolute Gasteiger partial charge is 0.305 e. The summed E-state index contributed by atoms with van der Waals surface area (Å²) < 4.78 is 0. The van der Waals surface area contributed by atoms with Crippen molar-refractivity contribution in [3.8, 4) is 0 Å². The van der Waals surface area contributed by atoms with Crippen LogP contribution in [0.4, 0.5) is 5.69 Å². The summed E-state index contributed by atoms with van der Waals surface area (Å²) in [5.41, 5.74) is -0.798. The molecule has 1 aromatic carbocycles. The third-order valence-electron chi connectivity index (χ3n) is 3.33. The van der Waals surface area contributed by atoms with Crippen LogP contribution in [0, 0.1) is 10.1 Å². The first kappa shape index (κ1) is 20.4. The average Bonchev–Trinajstić information content (AvgIpc) is 2.51. The normalized spacial score (nSPS) is 10.4. The van der Waals surface area contributed by atoms with Crippen LogP contribution in [0.15, 0.2) is 18.2 Å². The highest BCUT2D eigenvalue weighted by Crippen LogP contribution is 2.25. The maximum atomic E-state index is 12.2. The molecule has 0 fully saturated rings. The molecule has 9 nitrogen and oxygen atoms in total. The molecule has 25 heavy (non-hydrogen) atoms. The number of hydrogen-bond acceptors (Lipinski definition) is 5. The molecule has 2 N–H and O–H groups in total. The standard InChI is InChI=1S/C15H18ClN3O6/c1-9(2)18(7-6-13(21)22)12(20)8-17-15(23)14-10(16)4-3-5-11(14)19(24)25/h3-5,9H,6-8H2,1-2H3,(H,17,23)(H,21,22). The van der Waals surface area contributed by atoms with Crippen molar-refractivity contribution in [3.05, 3.63) is 38.9 Å². The van der Waals surface area contributed by atoms with Gasteiger partial charge >= 0.3 is 5.97 Å². The molecule has 0 atom stereocenters. The summed E-state index contributed by atoms with van der Waals surface area (Å²) in [5, 5.41) is 21.9. The Morgan fingerprint density at radius 1 is 1.36 bits per heavy atom. The molecule has 0 aliphatic rings. The minimum absolute atomic E-state index is 0.00601. The topological polar surface area (TPSA) is 130 Å². The van der Waals surface area contributed by atoms with E-state index in [4.69, 9.17) is 16.7 Å². The number of nitro groups is 1. The quantitative estimate of drug-likeness (QED) is 0.528. The second kappa shape index (κ2) is 8.97. The Hall–Kier alpha value is -2.68. The summed E-state index contributed by atoms with van der Waals surface area (Å²) in [6.45, 7) is 2.98. The van der Waals surface area contributed by atoms with E-state index in [-0.39, 0.29) is 29.6 Å². The van der Waals surface area contributed by atoms with Gasteiger partial charge in [-0.25, -0.2) is 0 Å². The predicted octanol–water partition coefficient (Wildman–Crippen LogP) is 1.69. The fourth-order valence-corrected chi connectivity index (χ4v) is 2.38. The Bertz CT molecular complexity index is 692. The largest absolute Gasteiger partial charge is 0.481 e. The number of carbonyl (C=O) groups is 3. The SMILES string of the molecule is CC(C)N(CCC(=O)O)C(=O)CNC(=O)c1c(Cl)cccc1[N+](=O)[O-]. The van der Waals surface area contributed by atoms with Crippen LogP contribution in [-0.4, -0.2) is 51.8 Å². The number of carboxylic acids is 1.